The Morgan fingerprint density at radius 3 is 2.36 bits per heavy atom. The first-order valence-electron chi connectivity index (χ1n) is 9.31. The van der Waals surface area contributed by atoms with E-state index < -0.39 is 0 Å². The highest BCUT2D eigenvalue weighted by atomic mass is 35.5. The molecule has 1 N–H and O–H groups in total. The first-order chi connectivity index (χ1) is 13.3. The minimum atomic E-state index is 0. The Labute approximate surface area is 173 Å². The molecule has 0 aliphatic carbocycles. The Balaban J connectivity index is 0.00000280. The Morgan fingerprint density at radius 1 is 0.857 bits per heavy atom. The van der Waals surface area contributed by atoms with Gasteiger partial charge in [-0.05, 0) is 54.4 Å². The summed E-state index contributed by atoms with van der Waals surface area (Å²) in [5.41, 5.74) is 2.42. The first kappa shape index (κ1) is 21.9. The summed E-state index contributed by atoms with van der Waals surface area (Å²) in [5.74, 6) is 2.48. The van der Waals surface area contributed by atoms with Crippen LogP contribution in [0.3, 0.4) is 0 Å². The molecule has 28 heavy (non-hydrogen) atoms. The number of benzene rings is 3. The first-order valence-corrected chi connectivity index (χ1v) is 9.31. The van der Waals surface area contributed by atoms with E-state index in [-0.39, 0.29) is 12.4 Å². The number of hydrogen-bond acceptors (Lipinski definition) is 4. The summed E-state index contributed by atoms with van der Waals surface area (Å²) in [6.45, 7) is 4.31. The summed E-state index contributed by atoms with van der Waals surface area (Å²) in [6, 6.07) is 18.7. The van der Waals surface area contributed by atoms with Gasteiger partial charge >= 0.3 is 0 Å². The molecule has 3 rings (SSSR count). The standard InChI is InChI=1S/C23H27NO3.ClH/c1-4-27-21-12-10-18-7-5-6-8-19(18)20(21)16-24-14-13-17-9-11-22(25-2)23(15-17)26-3;/h5-12,15,24H,4,13-14,16H2,1-3H3;1H. The molecule has 0 bridgehead atoms. The molecule has 150 valence electrons. The second-order valence-corrected chi connectivity index (χ2v) is 6.31. The van der Waals surface area contributed by atoms with Gasteiger partial charge < -0.3 is 19.5 Å². The predicted octanol–water partition coefficient (Wildman–Crippen LogP) is 5.01. The molecule has 0 aromatic heterocycles. The second kappa shape index (κ2) is 10.8. The van der Waals surface area contributed by atoms with E-state index in [0.29, 0.717) is 6.61 Å². The highest BCUT2D eigenvalue weighted by Gasteiger charge is 2.09. The summed E-state index contributed by atoms with van der Waals surface area (Å²) in [6.07, 6.45) is 0.912. The average Bonchev–Trinajstić information content (AvgIpc) is 2.72. The fourth-order valence-electron chi connectivity index (χ4n) is 3.27. The topological polar surface area (TPSA) is 39.7 Å². The molecular weight excluding hydrogens is 374 g/mol. The Hall–Kier alpha value is -2.43. The third-order valence-electron chi connectivity index (χ3n) is 4.64. The van der Waals surface area contributed by atoms with Gasteiger partial charge in [0, 0.05) is 12.1 Å². The van der Waals surface area contributed by atoms with Crippen molar-refractivity contribution in [2.75, 3.05) is 27.4 Å². The zero-order valence-corrected chi connectivity index (χ0v) is 17.5. The normalized spacial score (nSPS) is 10.4. The zero-order chi connectivity index (χ0) is 19.1. The number of methoxy groups -OCH3 is 2. The molecule has 0 spiro atoms. The average molecular weight is 402 g/mol. The fraction of sp³-hybridized carbons (Fsp3) is 0.304. The van der Waals surface area contributed by atoms with Crippen molar-refractivity contribution in [1.82, 2.24) is 5.32 Å². The van der Waals surface area contributed by atoms with Crippen LogP contribution in [0.2, 0.25) is 0 Å². The zero-order valence-electron chi connectivity index (χ0n) is 16.7. The molecule has 0 saturated carbocycles. The van der Waals surface area contributed by atoms with Crippen LogP contribution in [0, 0.1) is 0 Å². The lowest BCUT2D eigenvalue weighted by atomic mass is 10.0. The highest BCUT2D eigenvalue weighted by molar-refractivity contribution is 5.87. The minimum absolute atomic E-state index is 0. The molecule has 5 heteroatoms. The maximum Gasteiger partial charge on any atom is 0.160 e. The lowest BCUT2D eigenvalue weighted by Crippen LogP contribution is -2.17. The lowest BCUT2D eigenvalue weighted by Gasteiger charge is -2.14. The summed E-state index contributed by atoms with van der Waals surface area (Å²) in [7, 11) is 3.31. The molecule has 4 nitrogen and oxygen atoms in total. The molecule has 0 fully saturated rings. The van der Waals surface area contributed by atoms with E-state index in [9.17, 15) is 0 Å². The Kier molecular flexibility index (Phi) is 8.42. The van der Waals surface area contributed by atoms with Gasteiger partial charge in [-0.25, -0.2) is 0 Å². The van der Waals surface area contributed by atoms with Crippen LogP contribution < -0.4 is 19.5 Å². The summed E-state index contributed by atoms with van der Waals surface area (Å²) < 4.78 is 16.5. The predicted molar refractivity (Wildman–Crippen MR) is 117 cm³/mol. The van der Waals surface area contributed by atoms with Crippen molar-refractivity contribution in [2.24, 2.45) is 0 Å². The molecule has 0 heterocycles. The maximum absolute atomic E-state index is 5.85. The molecule has 0 atom stereocenters. The SMILES string of the molecule is CCOc1ccc2ccccc2c1CNCCc1ccc(OC)c(OC)c1.Cl. The Morgan fingerprint density at radius 2 is 1.61 bits per heavy atom. The molecule has 3 aromatic rings. The number of halogens is 1. The number of nitrogens with one attached hydrogen (secondary N) is 1. The van der Waals surface area contributed by atoms with Gasteiger partial charge in [0.2, 0.25) is 0 Å². The summed E-state index contributed by atoms with van der Waals surface area (Å²) >= 11 is 0. The maximum atomic E-state index is 5.85. The molecular formula is C23H28ClNO3. The number of fused-ring (bicyclic) bond motifs is 1. The largest absolute Gasteiger partial charge is 0.494 e. The lowest BCUT2D eigenvalue weighted by molar-refractivity contribution is 0.336. The quantitative estimate of drug-likeness (QED) is 0.511. The van der Waals surface area contributed by atoms with Crippen LogP contribution in [-0.4, -0.2) is 27.4 Å². The smallest absolute Gasteiger partial charge is 0.160 e. The molecule has 0 aliphatic rings. The van der Waals surface area contributed by atoms with Crippen molar-refractivity contribution in [3.8, 4) is 17.2 Å². The van der Waals surface area contributed by atoms with Crippen LogP contribution in [0.1, 0.15) is 18.1 Å². The van der Waals surface area contributed by atoms with Crippen LogP contribution >= 0.6 is 12.4 Å². The van der Waals surface area contributed by atoms with Gasteiger partial charge in [0.05, 0.1) is 20.8 Å². The van der Waals surface area contributed by atoms with E-state index in [1.807, 2.05) is 19.1 Å². The molecule has 0 unspecified atom stereocenters. The summed E-state index contributed by atoms with van der Waals surface area (Å²) in [4.78, 5) is 0. The Bertz CT molecular complexity index is 898. The molecule has 0 aliphatic heterocycles. The van der Waals surface area contributed by atoms with Crippen molar-refractivity contribution in [3.63, 3.8) is 0 Å². The highest BCUT2D eigenvalue weighted by Crippen LogP contribution is 2.29. The van der Waals surface area contributed by atoms with Crippen LogP contribution in [0.25, 0.3) is 10.8 Å². The van der Waals surface area contributed by atoms with Crippen molar-refractivity contribution in [3.05, 3.63) is 65.7 Å². The second-order valence-electron chi connectivity index (χ2n) is 6.31. The van der Waals surface area contributed by atoms with Crippen LogP contribution in [0.15, 0.2) is 54.6 Å². The van der Waals surface area contributed by atoms with Crippen molar-refractivity contribution < 1.29 is 14.2 Å². The van der Waals surface area contributed by atoms with Crippen LogP contribution in [0.5, 0.6) is 17.2 Å². The van der Waals surface area contributed by atoms with Crippen molar-refractivity contribution in [2.45, 2.75) is 19.9 Å². The molecule has 0 radical (unpaired) electrons. The van der Waals surface area contributed by atoms with Gasteiger partial charge in [-0.3, -0.25) is 0 Å². The van der Waals surface area contributed by atoms with Crippen molar-refractivity contribution >= 4 is 23.2 Å². The number of ether oxygens (including phenoxy) is 3. The minimum Gasteiger partial charge on any atom is -0.494 e. The van der Waals surface area contributed by atoms with Crippen LogP contribution in [0.4, 0.5) is 0 Å². The van der Waals surface area contributed by atoms with Gasteiger partial charge in [-0.1, -0.05) is 36.4 Å². The van der Waals surface area contributed by atoms with E-state index in [2.05, 4.69) is 47.8 Å². The van der Waals surface area contributed by atoms with E-state index in [1.54, 1.807) is 14.2 Å². The third-order valence-corrected chi connectivity index (χ3v) is 4.64. The monoisotopic (exact) mass is 401 g/mol. The molecule has 0 amide bonds. The van der Waals surface area contributed by atoms with Gasteiger partial charge in [0.1, 0.15) is 5.75 Å². The number of rotatable bonds is 9. The molecule has 0 saturated heterocycles. The number of hydrogen-bond donors (Lipinski definition) is 1. The van der Waals surface area contributed by atoms with E-state index in [1.165, 1.54) is 21.9 Å². The van der Waals surface area contributed by atoms with Gasteiger partial charge in [0.25, 0.3) is 0 Å². The van der Waals surface area contributed by atoms with Gasteiger partial charge in [-0.2, -0.15) is 0 Å². The van der Waals surface area contributed by atoms with Crippen molar-refractivity contribution in [1.29, 1.82) is 0 Å². The van der Waals surface area contributed by atoms with Gasteiger partial charge in [-0.15, -0.1) is 12.4 Å². The summed E-state index contributed by atoms with van der Waals surface area (Å²) in [5, 5.41) is 6.03. The fourth-order valence-corrected chi connectivity index (χ4v) is 3.27. The van der Waals surface area contributed by atoms with E-state index >= 15 is 0 Å². The van der Waals surface area contributed by atoms with E-state index in [0.717, 1.165) is 36.8 Å². The van der Waals surface area contributed by atoms with Crippen LogP contribution in [-0.2, 0) is 13.0 Å². The third kappa shape index (κ3) is 5.09. The molecule has 3 aromatic carbocycles. The van der Waals surface area contributed by atoms with E-state index in [4.69, 9.17) is 14.2 Å². The van der Waals surface area contributed by atoms with Gasteiger partial charge in [0.15, 0.2) is 11.5 Å².